The molecule has 2 aromatic heterocycles. The van der Waals surface area contributed by atoms with Crippen molar-refractivity contribution in [3.63, 3.8) is 0 Å². The fourth-order valence-electron chi connectivity index (χ4n) is 4.99. The third-order valence-corrected chi connectivity index (χ3v) is 6.90. The molecule has 2 aliphatic rings. The summed E-state index contributed by atoms with van der Waals surface area (Å²) in [6.45, 7) is 3.52. The van der Waals surface area contributed by atoms with Crippen LogP contribution in [0.15, 0.2) is 55.0 Å². The molecule has 0 aliphatic carbocycles. The Bertz CT molecular complexity index is 1410. The van der Waals surface area contributed by atoms with Crippen LogP contribution in [-0.2, 0) is 0 Å². The molecule has 172 valence electrons. The quantitative estimate of drug-likeness (QED) is 0.466. The second-order valence-electron chi connectivity index (χ2n) is 8.92. The summed E-state index contributed by atoms with van der Waals surface area (Å²) in [5.41, 5.74) is 2.01. The van der Waals surface area contributed by atoms with Gasteiger partial charge in [0.2, 0.25) is 0 Å². The van der Waals surface area contributed by atoms with E-state index in [-0.39, 0.29) is 23.3 Å². The Morgan fingerprint density at radius 1 is 1.12 bits per heavy atom. The van der Waals surface area contributed by atoms with Gasteiger partial charge in [0.05, 0.1) is 29.0 Å². The van der Waals surface area contributed by atoms with Gasteiger partial charge in [0.1, 0.15) is 23.0 Å². The molecule has 2 saturated heterocycles. The summed E-state index contributed by atoms with van der Waals surface area (Å²) in [5.74, 6) is -0.0653. The predicted molar refractivity (Wildman–Crippen MR) is 123 cm³/mol. The van der Waals surface area contributed by atoms with Crippen molar-refractivity contribution in [2.45, 2.75) is 19.4 Å². The van der Waals surface area contributed by atoms with Gasteiger partial charge in [-0.05, 0) is 43.2 Å². The Morgan fingerprint density at radius 3 is 2.82 bits per heavy atom. The molecular formula is C25H22F2N6O. The van der Waals surface area contributed by atoms with Crippen LogP contribution in [-0.4, -0.2) is 56.2 Å². The van der Waals surface area contributed by atoms with Gasteiger partial charge in [0.25, 0.3) is 5.91 Å². The van der Waals surface area contributed by atoms with Crippen LogP contribution in [0.1, 0.15) is 22.3 Å². The van der Waals surface area contributed by atoms with E-state index < -0.39 is 5.82 Å². The molecule has 1 unspecified atom stereocenters. The molecule has 4 heterocycles. The zero-order valence-electron chi connectivity index (χ0n) is 18.5. The number of amides is 1. The van der Waals surface area contributed by atoms with E-state index in [1.807, 2.05) is 0 Å². The summed E-state index contributed by atoms with van der Waals surface area (Å²) in [7, 11) is 0. The number of aromatic nitrogens is 4. The molecule has 0 spiro atoms. The molecule has 0 N–H and O–H groups in total. The van der Waals surface area contributed by atoms with E-state index in [0.29, 0.717) is 47.1 Å². The van der Waals surface area contributed by atoms with Crippen LogP contribution in [0, 0.1) is 24.5 Å². The molecule has 0 saturated carbocycles. The zero-order chi connectivity index (χ0) is 23.4. The van der Waals surface area contributed by atoms with Crippen molar-refractivity contribution in [2.24, 2.45) is 5.92 Å². The van der Waals surface area contributed by atoms with Gasteiger partial charge in [-0.15, -0.1) is 0 Å². The standard InChI is InChI=1S/C25H22F2N6O/c1-15-3-6-20(33-9-2-8-29-33)23(24(15)27)25(34)31-10-7-16-13-32(21(16)14-31)22-12-28-19-11-17(26)4-5-18(19)30-22/h2-6,8-9,11-12,16,21H,7,10,13-14H2,1H3/t16?,21-/m1/s1. The Balaban J connectivity index is 1.28. The highest BCUT2D eigenvalue weighted by Gasteiger charge is 2.45. The van der Waals surface area contributed by atoms with E-state index in [1.54, 1.807) is 54.7 Å². The van der Waals surface area contributed by atoms with E-state index in [9.17, 15) is 9.18 Å². The maximum Gasteiger partial charge on any atom is 0.259 e. The average Bonchev–Trinajstić information content (AvgIpc) is 3.36. The summed E-state index contributed by atoms with van der Waals surface area (Å²) in [6, 6.07) is 9.55. The maximum atomic E-state index is 15.2. The lowest BCUT2D eigenvalue weighted by Gasteiger charge is -2.53. The summed E-state index contributed by atoms with van der Waals surface area (Å²) in [4.78, 5) is 26.4. The smallest absolute Gasteiger partial charge is 0.259 e. The molecule has 2 aromatic carbocycles. The lowest BCUT2D eigenvalue weighted by Crippen LogP contribution is -2.65. The second-order valence-corrected chi connectivity index (χ2v) is 8.92. The number of benzene rings is 2. The number of carbonyl (C=O) groups is 1. The number of piperidine rings is 1. The third-order valence-electron chi connectivity index (χ3n) is 6.90. The fourth-order valence-corrected chi connectivity index (χ4v) is 4.99. The van der Waals surface area contributed by atoms with E-state index in [4.69, 9.17) is 0 Å². The van der Waals surface area contributed by atoms with Crippen LogP contribution in [0.25, 0.3) is 16.7 Å². The van der Waals surface area contributed by atoms with Crippen LogP contribution < -0.4 is 4.90 Å². The van der Waals surface area contributed by atoms with Gasteiger partial charge in [-0.3, -0.25) is 9.78 Å². The van der Waals surface area contributed by atoms with Crippen LogP contribution in [0.2, 0.25) is 0 Å². The first-order chi connectivity index (χ1) is 16.5. The van der Waals surface area contributed by atoms with E-state index >= 15 is 4.39 Å². The molecule has 2 atom stereocenters. The highest BCUT2D eigenvalue weighted by molar-refractivity contribution is 5.98. The molecule has 9 heteroatoms. The number of fused-ring (bicyclic) bond motifs is 2. The predicted octanol–water partition coefficient (Wildman–Crippen LogP) is 3.75. The topological polar surface area (TPSA) is 67.2 Å². The molecule has 2 aliphatic heterocycles. The van der Waals surface area contributed by atoms with Crippen LogP contribution in [0.3, 0.4) is 0 Å². The lowest BCUT2D eigenvalue weighted by molar-refractivity contribution is 0.0586. The molecule has 6 rings (SSSR count). The van der Waals surface area contributed by atoms with Crippen LogP contribution in [0.5, 0.6) is 0 Å². The molecular weight excluding hydrogens is 438 g/mol. The average molecular weight is 460 g/mol. The first kappa shape index (κ1) is 20.7. The fraction of sp³-hybridized carbons (Fsp3) is 0.280. The Hall–Kier alpha value is -3.88. The van der Waals surface area contributed by atoms with Crippen LogP contribution >= 0.6 is 0 Å². The normalized spacial score (nSPS) is 19.7. The van der Waals surface area contributed by atoms with Crippen molar-refractivity contribution >= 4 is 22.8 Å². The van der Waals surface area contributed by atoms with Gasteiger partial charge >= 0.3 is 0 Å². The number of hydrogen-bond donors (Lipinski definition) is 0. The number of rotatable bonds is 3. The number of halogens is 2. The van der Waals surface area contributed by atoms with Gasteiger partial charge in [0, 0.05) is 44.0 Å². The zero-order valence-corrected chi connectivity index (χ0v) is 18.5. The van der Waals surface area contributed by atoms with Gasteiger partial charge in [0.15, 0.2) is 0 Å². The third kappa shape index (κ3) is 3.30. The second kappa shape index (κ2) is 7.86. The molecule has 4 aromatic rings. The van der Waals surface area contributed by atoms with E-state index in [2.05, 4.69) is 20.0 Å². The molecule has 0 radical (unpaired) electrons. The highest BCUT2D eigenvalue weighted by atomic mass is 19.1. The first-order valence-corrected chi connectivity index (χ1v) is 11.3. The number of hydrogen-bond acceptors (Lipinski definition) is 5. The minimum absolute atomic E-state index is 0.0422. The number of carbonyl (C=O) groups excluding carboxylic acids is 1. The summed E-state index contributed by atoms with van der Waals surface area (Å²) in [6.07, 6.45) is 5.78. The van der Waals surface area contributed by atoms with Crippen LogP contribution in [0.4, 0.5) is 14.6 Å². The first-order valence-electron chi connectivity index (χ1n) is 11.3. The SMILES string of the molecule is Cc1ccc(-n2cccn2)c(C(=O)N2CCC3CN(c4cnc5cc(F)ccc5n4)[C@@H]3C2)c1F. The largest absolute Gasteiger partial charge is 0.350 e. The van der Waals surface area contributed by atoms with E-state index in [0.717, 1.165) is 13.0 Å². The number of nitrogens with zero attached hydrogens (tertiary/aromatic N) is 6. The lowest BCUT2D eigenvalue weighted by atomic mass is 9.82. The van der Waals surface area contributed by atoms with Gasteiger partial charge in [-0.25, -0.2) is 18.4 Å². The Kier molecular flexibility index (Phi) is 4.79. The van der Waals surface area contributed by atoms with Crippen molar-refractivity contribution in [1.82, 2.24) is 24.6 Å². The number of aryl methyl sites for hydroxylation is 1. The number of anilines is 1. The Morgan fingerprint density at radius 2 is 2.00 bits per heavy atom. The molecule has 2 fully saturated rings. The van der Waals surface area contributed by atoms with Crippen molar-refractivity contribution in [2.75, 3.05) is 24.5 Å². The molecule has 1 amide bonds. The van der Waals surface area contributed by atoms with Crippen molar-refractivity contribution in [1.29, 1.82) is 0 Å². The van der Waals surface area contributed by atoms with Gasteiger partial charge in [-0.2, -0.15) is 5.10 Å². The van der Waals surface area contributed by atoms with Crippen molar-refractivity contribution in [3.8, 4) is 5.69 Å². The maximum absolute atomic E-state index is 15.2. The summed E-state index contributed by atoms with van der Waals surface area (Å²) >= 11 is 0. The highest BCUT2D eigenvalue weighted by Crippen LogP contribution is 2.37. The summed E-state index contributed by atoms with van der Waals surface area (Å²) < 4.78 is 30.2. The minimum atomic E-state index is -0.516. The minimum Gasteiger partial charge on any atom is -0.350 e. The number of likely N-dealkylation sites (tertiary alicyclic amines) is 1. The monoisotopic (exact) mass is 460 g/mol. The van der Waals surface area contributed by atoms with E-state index in [1.165, 1.54) is 16.8 Å². The van der Waals surface area contributed by atoms with Gasteiger partial charge in [-0.1, -0.05) is 6.07 Å². The van der Waals surface area contributed by atoms with Crippen molar-refractivity contribution < 1.29 is 13.6 Å². The summed E-state index contributed by atoms with van der Waals surface area (Å²) in [5, 5.41) is 4.20. The molecule has 0 bridgehead atoms. The molecule has 7 nitrogen and oxygen atoms in total. The molecule has 34 heavy (non-hydrogen) atoms. The van der Waals surface area contributed by atoms with Crippen molar-refractivity contribution in [3.05, 3.63) is 77.8 Å². The van der Waals surface area contributed by atoms with Gasteiger partial charge < -0.3 is 9.80 Å². The Labute approximate surface area is 194 Å².